The SMILES string of the molecule is CCOc1ccc(N2CC(C(=O)Nc3cnc4c(cnn4C(C)C)c3)CC2=O)cc1. The van der Waals surface area contributed by atoms with Crippen molar-refractivity contribution in [2.24, 2.45) is 5.92 Å². The minimum atomic E-state index is -0.418. The van der Waals surface area contributed by atoms with Gasteiger partial charge in [-0.2, -0.15) is 5.10 Å². The van der Waals surface area contributed by atoms with E-state index in [1.165, 1.54) is 0 Å². The van der Waals surface area contributed by atoms with Crippen LogP contribution in [-0.2, 0) is 9.59 Å². The van der Waals surface area contributed by atoms with E-state index in [0.717, 1.165) is 22.5 Å². The molecule has 8 nitrogen and oxygen atoms in total. The van der Waals surface area contributed by atoms with Gasteiger partial charge in [0.2, 0.25) is 11.8 Å². The van der Waals surface area contributed by atoms with Crippen molar-refractivity contribution in [3.63, 3.8) is 0 Å². The predicted octanol–water partition coefficient (Wildman–Crippen LogP) is 3.40. The van der Waals surface area contributed by atoms with Gasteiger partial charge in [0, 0.05) is 30.1 Å². The second-order valence-electron chi connectivity index (χ2n) is 7.64. The third kappa shape index (κ3) is 3.85. The molecule has 30 heavy (non-hydrogen) atoms. The highest BCUT2D eigenvalue weighted by Crippen LogP contribution is 2.28. The third-order valence-corrected chi connectivity index (χ3v) is 5.15. The highest BCUT2D eigenvalue weighted by molar-refractivity contribution is 6.03. The van der Waals surface area contributed by atoms with Gasteiger partial charge in [-0.15, -0.1) is 0 Å². The standard InChI is InChI=1S/C22H25N5O3/c1-4-30-19-7-5-18(6-8-19)26-13-16(10-20(26)28)22(29)25-17-9-15-11-24-27(14(2)3)21(15)23-12-17/h5-9,11-12,14,16H,4,10,13H2,1-3H3,(H,25,29). The molecule has 4 rings (SSSR count). The largest absolute Gasteiger partial charge is 0.494 e. The van der Waals surface area contributed by atoms with E-state index in [9.17, 15) is 9.59 Å². The van der Waals surface area contributed by atoms with Gasteiger partial charge >= 0.3 is 0 Å². The summed E-state index contributed by atoms with van der Waals surface area (Å²) < 4.78 is 7.28. The Kier molecular flexibility index (Phi) is 5.39. The highest BCUT2D eigenvalue weighted by atomic mass is 16.5. The molecule has 0 aliphatic carbocycles. The van der Waals surface area contributed by atoms with Gasteiger partial charge in [0.15, 0.2) is 5.65 Å². The Balaban J connectivity index is 1.44. The van der Waals surface area contributed by atoms with Gasteiger partial charge in [-0.3, -0.25) is 9.59 Å². The number of anilines is 2. The van der Waals surface area contributed by atoms with Crippen LogP contribution in [0.25, 0.3) is 11.0 Å². The van der Waals surface area contributed by atoms with Crippen LogP contribution in [0.3, 0.4) is 0 Å². The maximum atomic E-state index is 12.8. The van der Waals surface area contributed by atoms with E-state index in [4.69, 9.17) is 4.74 Å². The van der Waals surface area contributed by atoms with Crippen molar-refractivity contribution in [3.8, 4) is 5.75 Å². The van der Waals surface area contributed by atoms with Crippen LogP contribution < -0.4 is 15.0 Å². The van der Waals surface area contributed by atoms with E-state index in [2.05, 4.69) is 15.4 Å². The van der Waals surface area contributed by atoms with Gasteiger partial charge in [0.05, 0.1) is 30.6 Å². The van der Waals surface area contributed by atoms with Crippen molar-refractivity contribution in [2.45, 2.75) is 33.2 Å². The number of nitrogens with zero attached hydrogens (tertiary/aromatic N) is 4. The minimum absolute atomic E-state index is 0.0638. The highest BCUT2D eigenvalue weighted by Gasteiger charge is 2.35. The molecule has 3 aromatic rings. The van der Waals surface area contributed by atoms with Crippen LogP contribution >= 0.6 is 0 Å². The van der Waals surface area contributed by atoms with Crippen molar-refractivity contribution in [1.82, 2.24) is 14.8 Å². The molecule has 1 unspecified atom stereocenters. The first-order valence-electron chi connectivity index (χ1n) is 10.1. The Morgan fingerprint density at radius 2 is 2.03 bits per heavy atom. The van der Waals surface area contributed by atoms with Gasteiger partial charge in [0.25, 0.3) is 0 Å². The van der Waals surface area contributed by atoms with Crippen molar-refractivity contribution < 1.29 is 14.3 Å². The van der Waals surface area contributed by atoms with E-state index in [1.807, 2.05) is 55.8 Å². The number of hydrogen-bond donors (Lipinski definition) is 1. The zero-order valence-electron chi connectivity index (χ0n) is 17.3. The number of rotatable bonds is 6. The molecule has 1 N–H and O–H groups in total. The van der Waals surface area contributed by atoms with Crippen LogP contribution in [0.2, 0.25) is 0 Å². The van der Waals surface area contributed by atoms with Crippen LogP contribution in [-0.4, -0.2) is 39.7 Å². The topological polar surface area (TPSA) is 89.3 Å². The first kappa shape index (κ1) is 19.9. The van der Waals surface area contributed by atoms with E-state index >= 15 is 0 Å². The Bertz CT molecular complexity index is 1070. The number of carbonyl (C=O) groups is 2. The molecule has 2 amide bonds. The maximum absolute atomic E-state index is 12.8. The lowest BCUT2D eigenvalue weighted by atomic mass is 10.1. The van der Waals surface area contributed by atoms with E-state index < -0.39 is 5.92 Å². The number of ether oxygens (including phenoxy) is 1. The molecule has 1 aliphatic heterocycles. The summed E-state index contributed by atoms with van der Waals surface area (Å²) in [5.74, 6) is 0.0873. The summed E-state index contributed by atoms with van der Waals surface area (Å²) in [6.07, 6.45) is 3.55. The lowest BCUT2D eigenvalue weighted by Crippen LogP contribution is -2.28. The van der Waals surface area contributed by atoms with Crippen LogP contribution in [0.5, 0.6) is 5.75 Å². The zero-order chi connectivity index (χ0) is 21.3. The van der Waals surface area contributed by atoms with Gasteiger partial charge in [0.1, 0.15) is 5.75 Å². The van der Waals surface area contributed by atoms with Gasteiger partial charge in [-0.05, 0) is 51.1 Å². The normalized spacial score (nSPS) is 16.5. The molecule has 1 aromatic carbocycles. The predicted molar refractivity (Wildman–Crippen MR) is 115 cm³/mol. The number of aromatic nitrogens is 3. The second-order valence-corrected chi connectivity index (χ2v) is 7.64. The molecule has 3 heterocycles. The molecule has 0 spiro atoms. The Morgan fingerprint density at radius 1 is 1.27 bits per heavy atom. The average molecular weight is 407 g/mol. The number of amides is 2. The summed E-state index contributed by atoms with van der Waals surface area (Å²) in [6, 6.07) is 9.40. The summed E-state index contributed by atoms with van der Waals surface area (Å²) in [5, 5.41) is 8.10. The van der Waals surface area contributed by atoms with Crippen LogP contribution in [0, 0.1) is 5.92 Å². The fourth-order valence-corrected chi connectivity index (χ4v) is 3.65. The van der Waals surface area contributed by atoms with Crippen molar-refractivity contribution in [1.29, 1.82) is 0 Å². The maximum Gasteiger partial charge on any atom is 0.229 e. The number of pyridine rings is 1. The quantitative estimate of drug-likeness (QED) is 0.676. The third-order valence-electron chi connectivity index (χ3n) is 5.15. The molecule has 2 aromatic heterocycles. The minimum Gasteiger partial charge on any atom is -0.494 e. The summed E-state index contributed by atoms with van der Waals surface area (Å²) >= 11 is 0. The number of fused-ring (bicyclic) bond motifs is 1. The lowest BCUT2D eigenvalue weighted by molar-refractivity contribution is -0.122. The Hall–Kier alpha value is -3.42. The molecule has 8 heteroatoms. The summed E-state index contributed by atoms with van der Waals surface area (Å²) in [5.41, 5.74) is 2.14. The van der Waals surface area contributed by atoms with Crippen molar-refractivity contribution in [2.75, 3.05) is 23.4 Å². The summed E-state index contributed by atoms with van der Waals surface area (Å²) in [7, 11) is 0. The zero-order valence-corrected chi connectivity index (χ0v) is 17.3. The molecule has 0 bridgehead atoms. The monoisotopic (exact) mass is 407 g/mol. The summed E-state index contributed by atoms with van der Waals surface area (Å²) in [6.45, 7) is 6.93. The first-order chi connectivity index (χ1) is 14.5. The van der Waals surface area contributed by atoms with Crippen LogP contribution in [0.4, 0.5) is 11.4 Å². The van der Waals surface area contributed by atoms with Gasteiger partial charge in [-0.25, -0.2) is 9.67 Å². The molecule has 0 radical (unpaired) electrons. The molecule has 1 aliphatic rings. The van der Waals surface area contributed by atoms with Gasteiger partial charge in [-0.1, -0.05) is 0 Å². The Labute approximate surface area is 174 Å². The van der Waals surface area contributed by atoms with E-state index in [-0.39, 0.29) is 24.3 Å². The average Bonchev–Trinajstić information content (AvgIpc) is 3.32. The van der Waals surface area contributed by atoms with Crippen molar-refractivity contribution in [3.05, 3.63) is 42.7 Å². The Morgan fingerprint density at radius 3 is 2.73 bits per heavy atom. The van der Waals surface area contributed by atoms with E-state index in [1.54, 1.807) is 17.3 Å². The molecule has 0 saturated carbocycles. The lowest BCUT2D eigenvalue weighted by Gasteiger charge is -2.17. The molecular weight excluding hydrogens is 382 g/mol. The molecule has 1 atom stereocenters. The molecule has 1 fully saturated rings. The van der Waals surface area contributed by atoms with Crippen LogP contribution in [0.1, 0.15) is 33.2 Å². The number of carbonyl (C=O) groups excluding carboxylic acids is 2. The molecule has 156 valence electrons. The van der Waals surface area contributed by atoms with Gasteiger partial charge < -0.3 is 15.0 Å². The second kappa shape index (κ2) is 8.14. The van der Waals surface area contributed by atoms with Crippen LogP contribution in [0.15, 0.2) is 42.7 Å². The summed E-state index contributed by atoms with van der Waals surface area (Å²) in [4.78, 5) is 31.3. The van der Waals surface area contributed by atoms with Crippen molar-refractivity contribution >= 4 is 34.2 Å². The first-order valence-corrected chi connectivity index (χ1v) is 10.1. The number of nitrogens with one attached hydrogen (secondary N) is 1. The number of hydrogen-bond acceptors (Lipinski definition) is 5. The van der Waals surface area contributed by atoms with E-state index in [0.29, 0.717) is 18.8 Å². The fourth-order valence-electron chi connectivity index (χ4n) is 3.65. The smallest absolute Gasteiger partial charge is 0.229 e. The number of benzene rings is 1. The molecular formula is C22H25N5O3. The fraction of sp³-hybridized carbons (Fsp3) is 0.364. The molecule has 1 saturated heterocycles.